The highest BCUT2D eigenvalue weighted by Gasteiger charge is 2.19. The van der Waals surface area contributed by atoms with Crippen LogP contribution in [0.4, 0.5) is 0 Å². The maximum absolute atomic E-state index is 12.8. The number of hydrogen-bond donors (Lipinski definition) is 0. The van der Waals surface area contributed by atoms with Gasteiger partial charge in [0.1, 0.15) is 13.2 Å². The summed E-state index contributed by atoms with van der Waals surface area (Å²) in [6, 6.07) is 0. The number of rotatable bonds is 45. The van der Waals surface area contributed by atoms with Crippen LogP contribution in [0.15, 0.2) is 48.6 Å². The Labute approximate surface area is 365 Å². The minimum absolute atomic E-state index is 0.0829. The van der Waals surface area contributed by atoms with Crippen LogP contribution in [0, 0.1) is 0 Å². The van der Waals surface area contributed by atoms with E-state index in [-0.39, 0.29) is 31.1 Å². The van der Waals surface area contributed by atoms with Crippen LogP contribution < -0.4 is 0 Å². The largest absolute Gasteiger partial charge is 0.462 e. The number of ether oxygens (including phenoxy) is 3. The quantitative estimate of drug-likeness (QED) is 0.0263. The summed E-state index contributed by atoms with van der Waals surface area (Å²) in [6.45, 7) is 6.54. The zero-order valence-corrected chi connectivity index (χ0v) is 39.0. The van der Waals surface area contributed by atoms with Gasteiger partial charge in [0, 0.05) is 19.3 Å². The van der Waals surface area contributed by atoms with Crippen LogP contribution in [-0.2, 0) is 28.6 Å². The fourth-order valence-corrected chi connectivity index (χ4v) is 6.92. The van der Waals surface area contributed by atoms with Gasteiger partial charge in [0.25, 0.3) is 0 Å². The molecule has 0 amide bonds. The van der Waals surface area contributed by atoms with E-state index in [1.165, 1.54) is 128 Å². The normalized spacial score (nSPS) is 12.4. The van der Waals surface area contributed by atoms with Crippen molar-refractivity contribution in [1.82, 2.24) is 0 Å². The van der Waals surface area contributed by atoms with E-state index >= 15 is 0 Å². The third-order valence-corrected chi connectivity index (χ3v) is 10.8. The average Bonchev–Trinajstić information content (AvgIpc) is 3.23. The van der Waals surface area contributed by atoms with Gasteiger partial charge >= 0.3 is 17.9 Å². The third-order valence-electron chi connectivity index (χ3n) is 10.8. The smallest absolute Gasteiger partial charge is 0.306 e. The number of allylic oxidation sites excluding steroid dienone is 8. The Balaban J connectivity index is 4.39. The number of hydrogen-bond acceptors (Lipinski definition) is 6. The highest BCUT2D eigenvalue weighted by molar-refractivity contribution is 5.71. The third kappa shape index (κ3) is 46.3. The van der Waals surface area contributed by atoms with Crippen molar-refractivity contribution in [3.05, 3.63) is 48.6 Å². The Bertz CT molecular complexity index is 1040. The summed E-state index contributed by atoms with van der Waals surface area (Å²) >= 11 is 0. The van der Waals surface area contributed by atoms with Crippen molar-refractivity contribution < 1.29 is 28.6 Å². The lowest BCUT2D eigenvalue weighted by atomic mass is 10.1. The summed E-state index contributed by atoms with van der Waals surface area (Å²) in [6.07, 6.45) is 56.6. The maximum Gasteiger partial charge on any atom is 0.306 e. The van der Waals surface area contributed by atoms with Crippen LogP contribution in [-0.4, -0.2) is 37.2 Å². The molecule has 0 unspecified atom stereocenters. The average molecular weight is 827 g/mol. The van der Waals surface area contributed by atoms with Gasteiger partial charge in [-0.25, -0.2) is 0 Å². The number of unbranched alkanes of at least 4 members (excludes halogenated alkanes) is 26. The van der Waals surface area contributed by atoms with Gasteiger partial charge in [0.15, 0.2) is 6.10 Å². The summed E-state index contributed by atoms with van der Waals surface area (Å²) in [4.78, 5) is 37.9. The summed E-state index contributed by atoms with van der Waals surface area (Å²) in [5.74, 6) is -0.905. The Kier molecular flexibility index (Phi) is 45.9. The zero-order valence-electron chi connectivity index (χ0n) is 39.0. The molecule has 0 saturated carbocycles. The standard InChI is InChI=1S/C53H94O6/c1-4-7-10-13-16-19-22-24-25-26-27-29-32-35-38-41-44-47-53(56)59-50(48-57-51(54)45-42-39-36-33-30-21-18-15-12-9-6-3)49-58-52(55)46-43-40-37-34-31-28-23-20-17-14-11-8-5-2/h15-16,18-20,23-25,50H,4-14,17,21-22,26-49H2,1-3H3/b18-15-,19-16-,23-20-,25-24-/t50-/m0/s1. The highest BCUT2D eigenvalue weighted by atomic mass is 16.6. The monoisotopic (exact) mass is 827 g/mol. The zero-order chi connectivity index (χ0) is 43.0. The van der Waals surface area contributed by atoms with Gasteiger partial charge in [0.05, 0.1) is 0 Å². The predicted octanol–water partition coefficient (Wildman–Crippen LogP) is 16.3. The number of carbonyl (C=O) groups is 3. The first-order valence-corrected chi connectivity index (χ1v) is 25.1. The second-order valence-corrected chi connectivity index (χ2v) is 16.7. The molecule has 0 radical (unpaired) electrons. The van der Waals surface area contributed by atoms with E-state index in [1.54, 1.807) is 0 Å². The first kappa shape index (κ1) is 56.4. The Morgan fingerprint density at radius 1 is 0.339 bits per heavy atom. The van der Waals surface area contributed by atoms with E-state index in [2.05, 4.69) is 69.4 Å². The molecule has 0 aromatic carbocycles. The lowest BCUT2D eigenvalue weighted by Gasteiger charge is -2.18. The first-order valence-electron chi connectivity index (χ1n) is 25.1. The van der Waals surface area contributed by atoms with Gasteiger partial charge < -0.3 is 14.2 Å². The molecule has 59 heavy (non-hydrogen) atoms. The maximum atomic E-state index is 12.8. The Morgan fingerprint density at radius 2 is 0.627 bits per heavy atom. The van der Waals surface area contributed by atoms with Gasteiger partial charge in [-0.3, -0.25) is 14.4 Å². The van der Waals surface area contributed by atoms with Crippen LogP contribution in [0.25, 0.3) is 0 Å². The van der Waals surface area contributed by atoms with Crippen molar-refractivity contribution in [3.8, 4) is 0 Å². The van der Waals surface area contributed by atoms with Gasteiger partial charge in [-0.15, -0.1) is 0 Å². The lowest BCUT2D eigenvalue weighted by molar-refractivity contribution is -0.167. The van der Waals surface area contributed by atoms with E-state index < -0.39 is 6.10 Å². The fraction of sp³-hybridized carbons (Fsp3) is 0.792. The van der Waals surface area contributed by atoms with Crippen molar-refractivity contribution in [1.29, 1.82) is 0 Å². The fourth-order valence-electron chi connectivity index (χ4n) is 6.92. The van der Waals surface area contributed by atoms with E-state index in [9.17, 15) is 14.4 Å². The summed E-state index contributed by atoms with van der Waals surface area (Å²) < 4.78 is 16.7. The van der Waals surface area contributed by atoms with Crippen LogP contribution in [0.1, 0.15) is 252 Å². The van der Waals surface area contributed by atoms with Crippen LogP contribution >= 0.6 is 0 Å². The second kappa shape index (κ2) is 48.0. The van der Waals surface area contributed by atoms with Crippen molar-refractivity contribution in [2.24, 2.45) is 0 Å². The van der Waals surface area contributed by atoms with Crippen molar-refractivity contribution >= 4 is 17.9 Å². The molecule has 0 rings (SSSR count). The summed E-state index contributed by atoms with van der Waals surface area (Å²) in [5.41, 5.74) is 0. The number of carbonyl (C=O) groups excluding carboxylic acids is 3. The predicted molar refractivity (Wildman–Crippen MR) is 252 cm³/mol. The molecule has 0 aromatic rings. The molecule has 6 nitrogen and oxygen atoms in total. The molecule has 0 saturated heterocycles. The Hall–Kier alpha value is -2.63. The second-order valence-electron chi connectivity index (χ2n) is 16.7. The molecule has 1 atom stereocenters. The van der Waals surface area contributed by atoms with Gasteiger partial charge in [-0.05, 0) is 96.3 Å². The molecular formula is C53H94O6. The molecule has 342 valence electrons. The molecule has 0 aliphatic rings. The van der Waals surface area contributed by atoms with Crippen LogP contribution in [0.2, 0.25) is 0 Å². The number of esters is 3. The molecule has 0 heterocycles. The first-order chi connectivity index (χ1) is 29.0. The summed E-state index contributed by atoms with van der Waals surface area (Å²) in [7, 11) is 0. The van der Waals surface area contributed by atoms with E-state index in [4.69, 9.17) is 14.2 Å². The van der Waals surface area contributed by atoms with Crippen LogP contribution in [0.3, 0.4) is 0 Å². The Morgan fingerprint density at radius 3 is 1.03 bits per heavy atom. The topological polar surface area (TPSA) is 78.9 Å². The van der Waals surface area contributed by atoms with Crippen molar-refractivity contribution in [2.45, 2.75) is 258 Å². The highest BCUT2D eigenvalue weighted by Crippen LogP contribution is 2.14. The molecule has 6 heteroatoms. The lowest BCUT2D eigenvalue weighted by Crippen LogP contribution is -2.30. The van der Waals surface area contributed by atoms with Gasteiger partial charge in [-0.2, -0.15) is 0 Å². The van der Waals surface area contributed by atoms with Crippen molar-refractivity contribution in [2.75, 3.05) is 13.2 Å². The molecule has 0 aliphatic heterocycles. The molecular weight excluding hydrogens is 733 g/mol. The molecule has 0 aromatic heterocycles. The van der Waals surface area contributed by atoms with Crippen LogP contribution in [0.5, 0.6) is 0 Å². The van der Waals surface area contributed by atoms with Crippen molar-refractivity contribution in [3.63, 3.8) is 0 Å². The van der Waals surface area contributed by atoms with E-state index in [1.807, 2.05) is 0 Å². The minimum atomic E-state index is -0.781. The molecule has 0 aliphatic carbocycles. The van der Waals surface area contributed by atoms with Gasteiger partial charge in [-0.1, -0.05) is 185 Å². The molecule has 0 bridgehead atoms. The summed E-state index contributed by atoms with van der Waals surface area (Å²) in [5, 5.41) is 0. The molecule has 0 fully saturated rings. The molecule has 0 N–H and O–H groups in total. The SMILES string of the molecule is CCCC/C=C\CCCCCCCC(=O)OC[C@@H](COC(=O)CCCCCCC/C=C\CCCCCC)OC(=O)CCCCCCCCC/C=C\C/C=C\CCCCC. The van der Waals surface area contributed by atoms with E-state index in [0.29, 0.717) is 19.3 Å². The minimum Gasteiger partial charge on any atom is -0.462 e. The molecule has 0 spiro atoms. The van der Waals surface area contributed by atoms with E-state index in [0.717, 1.165) is 83.5 Å². The van der Waals surface area contributed by atoms with Gasteiger partial charge in [0.2, 0.25) is 0 Å².